The van der Waals surface area contributed by atoms with E-state index in [0.717, 1.165) is 62.7 Å². The lowest BCUT2D eigenvalue weighted by Gasteiger charge is -2.39. The van der Waals surface area contributed by atoms with Crippen molar-refractivity contribution in [2.45, 2.75) is 89.3 Å². The number of carbonyl (C=O) groups is 3. The number of rotatable bonds is 6. The smallest absolute Gasteiger partial charge is 0.407 e. The zero-order valence-corrected chi connectivity index (χ0v) is 20.7. The maximum Gasteiger partial charge on any atom is 0.407 e. The molecule has 0 aromatic carbocycles. The molecule has 0 bridgehead atoms. The summed E-state index contributed by atoms with van der Waals surface area (Å²) < 4.78 is 10.8. The van der Waals surface area contributed by atoms with Gasteiger partial charge in [0.25, 0.3) is 0 Å². The van der Waals surface area contributed by atoms with E-state index in [1.807, 2.05) is 0 Å². The lowest BCUT2D eigenvalue weighted by Crippen LogP contribution is -2.49. The Balaban J connectivity index is 1.40. The first-order valence-electron chi connectivity index (χ1n) is 12.6. The number of alkyl carbamates (subject to hydrolysis) is 1. The van der Waals surface area contributed by atoms with Crippen LogP contribution < -0.4 is 10.2 Å². The van der Waals surface area contributed by atoms with Crippen LogP contribution in [0.2, 0.25) is 0 Å². The molecule has 0 spiro atoms. The highest BCUT2D eigenvalue weighted by Crippen LogP contribution is 2.37. The Morgan fingerprint density at radius 3 is 2.35 bits per heavy atom. The number of anilines is 1. The predicted octanol–water partition coefficient (Wildman–Crippen LogP) is 4.82. The van der Waals surface area contributed by atoms with Crippen molar-refractivity contribution in [1.82, 2.24) is 5.32 Å². The molecule has 0 radical (unpaired) electrons. The van der Waals surface area contributed by atoms with Crippen LogP contribution in [-0.4, -0.2) is 54.5 Å². The number of hydrogen-bond donors (Lipinski definition) is 2. The quantitative estimate of drug-likeness (QED) is 0.590. The van der Waals surface area contributed by atoms with Crippen molar-refractivity contribution < 1.29 is 29.0 Å². The summed E-state index contributed by atoms with van der Waals surface area (Å²) in [4.78, 5) is 39.9. The first-order chi connectivity index (χ1) is 16.4. The van der Waals surface area contributed by atoms with E-state index in [2.05, 4.69) is 12.2 Å². The van der Waals surface area contributed by atoms with E-state index < -0.39 is 5.97 Å². The molecule has 0 atom stereocenters. The summed E-state index contributed by atoms with van der Waals surface area (Å²) >= 11 is 1.16. The Labute approximate surface area is 205 Å². The summed E-state index contributed by atoms with van der Waals surface area (Å²) in [6.45, 7) is 3.46. The van der Waals surface area contributed by atoms with Crippen LogP contribution in [0.4, 0.5) is 10.5 Å². The van der Waals surface area contributed by atoms with Crippen LogP contribution in [0.1, 0.15) is 80.8 Å². The van der Waals surface area contributed by atoms with Crippen LogP contribution in [0.3, 0.4) is 0 Å². The zero-order valence-electron chi connectivity index (χ0n) is 19.9. The van der Waals surface area contributed by atoms with Gasteiger partial charge >= 0.3 is 12.1 Å². The number of amides is 2. The van der Waals surface area contributed by atoms with Crippen molar-refractivity contribution in [2.75, 3.05) is 18.1 Å². The Morgan fingerprint density at radius 2 is 1.71 bits per heavy atom. The number of hydrogen-bond acceptors (Lipinski definition) is 6. The zero-order chi connectivity index (χ0) is 24.1. The number of carboxylic acid groups (broad SMARTS) is 1. The molecular weight excluding hydrogens is 456 g/mol. The van der Waals surface area contributed by atoms with Crippen molar-refractivity contribution in [3.05, 3.63) is 16.3 Å². The summed E-state index contributed by atoms with van der Waals surface area (Å²) in [5.74, 6) is -0.354. The van der Waals surface area contributed by atoms with E-state index >= 15 is 0 Å². The molecule has 1 aromatic rings. The van der Waals surface area contributed by atoms with Gasteiger partial charge in [-0.3, -0.25) is 4.79 Å². The summed E-state index contributed by atoms with van der Waals surface area (Å²) in [5.41, 5.74) is 0.524. The molecule has 1 saturated heterocycles. The van der Waals surface area contributed by atoms with E-state index in [0.29, 0.717) is 37.7 Å². The molecule has 4 rings (SSSR count). The number of thiophene rings is 1. The number of ether oxygens (including phenoxy) is 2. The molecule has 9 heteroatoms. The Kier molecular flexibility index (Phi) is 8.47. The maximum atomic E-state index is 13.7. The summed E-state index contributed by atoms with van der Waals surface area (Å²) in [6, 6.07) is 1.70. The lowest BCUT2D eigenvalue weighted by molar-refractivity contribution is -0.124. The normalized spacial score (nSPS) is 28.1. The Bertz CT molecular complexity index is 851. The van der Waals surface area contributed by atoms with Gasteiger partial charge in [-0.1, -0.05) is 6.92 Å². The Hall–Kier alpha value is -2.13. The van der Waals surface area contributed by atoms with Gasteiger partial charge in [0.2, 0.25) is 5.91 Å². The van der Waals surface area contributed by atoms with E-state index in [4.69, 9.17) is 9.47 Å². The largest absolute Gasteiger partial charge is 0.477 e. The molecular formula is C25H36N2O6S. The average Bonchev–Trinajstić information content (AvgIpc) is 3.31. The average molecular weight is 493 g/mol. The van der Waals surface area contributed by atoms with E-state index in [1.54, 1.807) is 16.3 Å². The molecule has 1 aromatic heterocycles. The van der Waals surface area contributed by atoms with Gasteiger partial charge < -0.3 is 24.8 Å². The highest BCUT2D eigenvalue weighted by atomic mass is 32.1. The van der Waals surface area contributed by atoms with Crippen molar-refractivity contribution in [1.29, 1.82) is 0 Å². The molecule has 2 amide bonds. The van der Waals surface area contributed by atoms with Crippen molar-refractivity contribution >= 4 is 35.0 Å². The molecule has 188 valence electrons. The third kappa shape index (κ3) is 6.10. The molecule has 0 unspecified atom stereocenters. The predicted molar refractivity (Wildman–Crippen MR) is 129 cm³/mol. The van der Waals surface area contributed by atoms with E-state index in [-0.39, 0.29) is 41.0 Å². The summed E-state index contributed by atoms with van der Waals surface area (Å²) in [5, 5.41) is 14.4. The lowest BCUT2D eigenvalue weighted by atomic mass is 9.81. The minimum absolute atomic E-state index is 0.00232. The highest BCUT2D eigenvalue weighted by molar-refractivity contribution is 7.12. The standard InChI is InChI=1S/C25H36N2O6S/c1-16-2-4-17(5-3-16)23(28)27(21-12-15-34-22(21)24(29)30)19-8-6-18(7-9-19)26-25(31)33-20-10-13-32-14-11-20/h12,15-20H,2-11,13-14H2,1H3,(H,26,31)(H,29,30)/t16-,17-,18?,19?. The Morgan fingerprint density at radius 1 is 1.03 bits per heavy atom. The van der Waals surface area contributed by atoms with Gasteiger partial charge in [-0.15, -0.1) is 11.3 Å². The van der Waals surface area contributed by atoms with E-state index in [1.165, 1.54) is 0 Å². The molecule has 2 saturated carbocycles. The second kappa shape index (κ2) is 11.5. The van der Waals surface area contributed by atoms with Gasteiger partial charge in [0.05, 0.1) is 18.9 Å². The summed E-state index contributed by atoms with van der Waals surface area (Å²) in [7, 11) is 0. The first-order valence-corrected chi connectivity index (χ1v) is 13.5. The molecule has 2 aliphatic carbocycles. The number of nitrogens with zero attached hydrogens (tertiary/aromatic N) is 1. The van der Waals surface area contributed by atoms with Crippen LogP contribution in [0.25, 0.3) is 0 Å². The van der Waals surface area contributed by atoms with Crippen LogP contribution in [0, 0.1) is 11.8 Å². The molecule has 1 aliphatic heterocycles. The molecule has 2 N–H and O–H groups in total. The van der Waals surface area contributed by atoms with Gasteiger partial charge in [-0.25, -0.2) is 9.59 Å². The van der Waals surface area contributed by atoms with Gasteiger partial charge in [-0.05, 0) is 68.7 Å². The third-order valence-electron chi connectivity index (χ3n) is 7.53. The topological polar surface area (TPSA) is 105 Å². The van der Waals surface area contributed by atoms with Crippen molar-refractivity contribution in [3.63, 3.8) is 0 Å². The van der Waals surface area contributed by atoms with Gasteiger partial charge in [0, 0.05) is 30.8 Å². The molecule has 3 aliphatic rings. The molecule has 2 heterocycles. The second-order valence-electron chi connectivity index (χ2n) is 9.97. The fourth-order valence-electron chi connectivity index (χ4n) is 5.48. The maximum absolute atomic E-state index is 13.7. The monoisotopic (exact) mass is 492 g/mol. The number of nitrogens with one attached hydrogen (secondary N) is 1. The minimum atomic E-state index is -0.994. The van der Waals surface area contributed by atoms with Gasteiger partial charge in [0.1, 0.15) is 11.0 Å². The fraction of sp³-hybridized carbons (Fsp3) is 0.720. The summed E-state index contributed by atoms with van der Waals surface area (Å²) in [6.07, 6.45) is 7.64. The van der Waals surface area contributed by atoms with Gasteiger partial charge in [-0.2, -0.15) is 0 Å². The number of aromatic carboxylic acids is 1. The fourth-order valence-corrected chi connectivity index (χ4v) is 6.20. The molecule has 8 nitrogen and oxygen atoms in total. The number of carboxylic acids is 1. The molecule has 34 heavy (non-hydrogen) atoms. The minimum Gasteiger partial charge on any atom is -0.477 e. The third-order valence-corrected chi connectivity index (χ3v) is 8.42. The van der Waals surface area contributed by atoms with Crippen molar-refractivity contribution in [3.8, 4) is 0 Å². The van der Waals surface area contributed by atoms with Gasteiger partial charge in [0.15, 0.2) is 0 Å². The van der Waals surface area contributed by atoms with Crippen LogP contribution in [0.15, 0.2) is 11.4 Å². The van der Waals surface area contributed by atoms with Crippen LogP contribution >= 0.6 is 11.3 Å². The second-order valence-corrected chi connectivity index (χ2v) is 10.9. The van der Waals surface area contributed by atoms with Crippen molar-refractivity contribution in [2.24, 2.45) is 11.8 Å². The van der Waals surface area contributed by atoms with Crippen LogP contribution in [0.5, 0.6) is 0 Å². The van der Waals surface area contributed by atoms with E-state index in [9.17, 15) is 19.5 Å². The molecule has 3 fully saturated rings. The SMILES string of the molecule is C[C@H]1CC[C@H](C(=O)N(c2ccsc2C(=O)O)C2CCC(NC(=O)OC3CCOCC3)CC2)CC1. The number of carbonyl (C=O) groups excluding carboxylic acids is 2. The van der Waals surface area contributed by atoms with Crippen LogP contribution in [-0.2, 0) is 14.3 Å². The highest BCUT2D eigenvalue weighted by Gasteiger charge is 2.37. The first kappa shape index (κ1) is 25.0.